The number of nitrogens with two attached hydrogens (primary N) is 1. The van der Waals surface area contributed by atoms with Crippen molar-refractivity contribution >= 4 is 29.3 Å². The fourth-order valence-electron chi connectivity index (χ4n) is 5.32. The number of halogens is 4. The minimum absolute atomic E-state index is 0.0327. The molecule has 0 saturated heterocycles. The van der Waals surface area contributed by atoms with Gasteiger partial charge >= 0.3 is 18.2 Å². The summed E-state index contributed by atoms with van der Waals surface area (Å²) in [5, 5.41) is 8.64. The first-order chi connectivity index (χ1) is 25.2. The fraction of sp³-hybridized carbons (Fsp3) is 0.385. The highest BCUT2D eigenvalue weighted by atomic mass is 19.4. The molecular weight excluding hydrogens is 710 g/mol. The number of ether oxygens (including phenoxy) is 3. The molecule has 0 spiro atoms. The van der Waals surface area contributed by atoms with Crippen molar-refractivity contribution in [2.75, 3.05) is 17.7 Å². The van der Waals surface area contributed by atoms with Crippen LogP contribution in [-0.4, -0.2) is 45.6 Å². The van der Waals surface area contributed by atoms with E-state index in [1.807, 2.05) is 0 Å². The molecule has 4 N–H and O–H groups in total. The van der Waals surface area contributed by atoms with E-state index in [2.05, 4.69) is 15.7 Å². The highest BCUT2D eigenvalue weighted by Gasteiger charge is 2.36. The van der Waals surface area contributed by atoms with E-state index in [1.165, 1.54) is 36.4 Å². The SMILES string of the molecule is CC(C)(C)OC(=O)NCc1cccc(-n2nc(C(F)(F)F)cc2C(=O)Nc2cc(C(OCC3CC3)c3ccc(C(=O)OC(C)(C)C)c(N)c3)ccc2F)c1. The van der Waals surface area contributed by atoms with Gasteiger partial charge in [-0.05, 0) is 113 Å². The summed E-state index contributed by atoms with van der Waals surface area (Å²) in [7, 11) is 0. The minimum atomic E-state index is -4.91. The van der Waals surface area contributed by atoms with E-state index in [1.54, 1.807) is 59.7 Å². The van der Waals surface area contributed by atoms with E-state index < -0.39 is 58.7 Å². The van der Waals surface area contributed by atoms with Gasteiger partial charge in [0.2, 0.25) is 0 Å². The van der Waals surface area contributed by atoms with Gasteiger partial charge in [-0.1, -0.05) is 24.3 Å². The Balaban J connectivity index is 1.44. The third-order valence-electron chi connectivity index (χ3n) is 7.96. The molecule has 0 aliphatic heterocycles. The monoisotopic (exact) mass is 753 g/mol. The van der Waals surface area contributed by atoms with Crippen molar-refractivity contribution in [1.82, 2.24) is 15.1 Å². The third-order valence-corrected chi connectivity index (χ3v) is 7.96. The summed E-state index contributed by atoms with van der Waals surface area (Å²) in [6, 6.07) is 15.2. The number of anilines is 2. The molecule has 1 atom stereocenters. The minimum Gasteiger partial charge on any atom is -0.456 e. The van der Waals surface area contributed by atoms with Crippen LogP contribution >= 0.6 is 0 Å². The lowest BCUT2D eigenvalue weighted by atomic mass is 9.98. The number of alkyl carbamates (subject to hydrolysis) is 1. The molecule has 5 rings (SSSR count). The van der Waals surface area contributed by atoms with Crippen LogP contribution in [0.5, 0.6) is 0 Å². The maximum absolute atomic E-state index is 15.3. The Kier molecular flexibility index (Phi) is 11.4. The molecule has 1 aliphatic carbocycles. The number of carbonyl (C=O) groups excluding carboxylic acids is 3. The Morgan fingerprint density at radius 1 is 0.907 bits per heavy atom. The summed E-state index contributed by atoms with van der Waals surface area (Å²) >= 11 is 0. The molecule has 11 nitrogen and oxygen atoms in total. The van der Waals surface area contributed by atoms with E-state index in [-0.39, 0.29) is 29.2 Å². The van der Waals surface area contributed by atoms with Crippen molar-refractivity contribution in [3.63, 3.8) is 0 Å². The summed E-state index contributed by atoms with van der Waals surface area (Å²) in [4.78, 5) is 38.6. The number of carbonyl (C=O) groups is 3. The molecule has 3 aromatic carbocycles. The Morgan fingerprint density at radius 3 is 2.20 bits per heavy atom. The average molecular weight is 754 g/mol. The van der Waals surface area contributed by atoms with Gasteiger partial charge in [0, 0.05) is 18.3 Å². The van der Waals surface area contributed by atoms with Gasteiger partial charge in [-0.15, -0.1) is 0 Å². The van der Waals surface area contributed by atoms with Crippen molar-refractivity contribution in [3.05, 3.63) is 106 Å². The summed E-state index contributed by atoms with van der Waals surface area (Å²) < 4.78 is 74.8. The normalized spacial score (nSPS) is 14.0. The third kappa shape index (κ3) is 10.6. The predicted molar refractivity (Wildman–Crippen MR) is 193 cm³/mol. The van der Waals surface area contributed by atoms with E-state index in [0.29, 0.717) is 35.3 Å². The van der Waals surface area contributed by atoms with Gasteiger partial charge in [-0.25, -0.2) is 18.7 Å². The fourth-order valence-corrected chi connectivity index (χ4v) is 5.32. The maximum atomic E-state index is 15.3. The lowest BCUT2D eigenvalue weighted by molar-refractivity contribution is -0.141. The van der Waals surface area contributed by atoms with Crippen molar-refractivity contribution in [2.24, 2.45) is 5.92 Å². The number of alkyl halides is 3. The number of rotatable bonds is 11. The second-order valence-corrected chi connectivity index (χ2v) is 15.0. The maximum Gasteiger partial charge on any atom is 0.435 e. The predicted octanol–water partition coefficient (Wildman–Crippen LogP) is 8.36. The molecule has 15 heteroatoms. The van der Waals surface area contributed by atoms with Crippen LogP contribution in [0.1, 0.15) is 104 Å². The van der Waals surface area contributed by atoms with Crippen LogP contribution in [-0.2, 0) is 26.9 Å². The van der Waals surface area contributed by atoms with E-state index >= 15 is 4.39 Å². The number of aromatic nitrogens is 2. The van der Waals surface area contributed by atoms with Gasteiger partial charge < -0.3 is 30.6 Å². The lowest BCUT2D eigenvalue weighted by Gasteiger charge is -2.22. The van der Waals surface area contributed by atoms with Gasteiger partial charge in [0.1, 0.15) is 28.8 Å². The molecular formula is C39H43F4N5O6. The van der Waals surface area contributed by atoms with Crippen molar-refractivity contribution in [1.29, 1.82) is 0 Å². The zero-order chi connectivity index (χ0) is 39.6. The van der Waals surface area contributed by atoms with E-state index in [0.717, 1.165) is 23.6 Å². The first kappa shape index (κ1) is 39.8. The second-order valence-electron chi connectivity index (χ2n) is 15.0. The smallest absolute Gasteiger partial charge is 0.435 e. The van der Waals surface area contributed by atoms with Crippen LogP contribution in [0.15, 0.2) is 66.7 Å². The number of benzene rings is 3. The van der Waals surface area contributed by atoms with Gasteiger partial charge in [0.25, 0.3) is 5.91 Å². The first-order valence-electron chi connectivity index (χ1n) is 17.3. The number of nitrogens with zero attached hydrogens (tertiary/aromatic N) is 2. The van der Waals surface area contributed by atoms with E-state index in [4.69, 9.17) is 19.9 Å². The molecule has 4 aromatic rings. The molecule has 1 heterocycles. The van der Waals surface area contributed by atoms with Crippen LogP contribution in [0.3, 0.4) is 0 Å². The molecule has 1 unspecified atom stereocenters. The van der Waals surface area contributed by atoms with Gasteiger partial charge in [0.05, 0.1) is 23.5 Å². The first-order valence-corrected chi connectivity index (χ1v) is 17.3. The topological polar surface area (TPSA) is 147 Å². The average Bonchev–Trinajstić information content (AvgIpc) is 3.77. The Hall–Kier alpha value is -5.44. The summed E-state index contributed by atoms with van der Waals surface area (Å²) in [6.07, 6.45) is -4.45. The molecule has 0 radical (unpaired) electrons. The molecule has 1 aliphatic rings. The molecule has 288 valence electrons. The molecule has 1 saturated carbocycles. The molecule has 1 aromatic heterocycles. The molecule has 2 amide bonds. The van der Waals surface area contributed by atoms with Crippen molar-refractivity contribution < 1.29 is 46.2 Å². The van der Waals surface area contributed by atoms with Crippen molar-refractivity contribution in [3.8, 4) is 5.69 Å². The summed E-state index contributed by atoms with van der Waals surface area (Å²) in [5.41, 5.74) is 4.37. The lowest BCUT2D eigenvalue weighted by Crippen LogP contribution is -2.32. The van der Waals surface area contributed by atoms with Gasteiger partial charge in [0.15, 0.2) is 5.69 Å². The zero-order valence-corrected chi connectivity index (χ0v) is 30.8. The number of esters is 1. The Bertz CT molecular complexity index is 2030. The van der Waals surface area contributed by atoms with Crippen LogP contribution in [0, 0.1) is 11.7 Å². The Morgan fingerprint density at radius 2 is 1.57 bits per heavy atom. The summed E-state index contributed by atoms with van der Waals surface area (Å²) in [6.45, 7) is 10.6. The molecule has 1 fully saturated rings. The highest BCUT2D eigenvalue weighted by Crippen LogP contribution is 2.36. The molecule has 54 heavy (non-hydrogen) atoms. The van der Waals surface area contributed by atoms with Crippen molar-refractivity contribution in [2.45, 2.75) is 84.4 Å². The largest absolute Gasteiger partial charge is 0.456 e. The van der Waals surface area contributed by atoms with Gasteiger partial charge in [-0.3, -0.25) is 4.79 Å². The number of hydrogen-bond donors (Lipinski definition) is 3. The van der Waals surface area contributed by atoms with Gasteiger partial charge in [-0.2, -0.15) is 18.3 Å². The second kappa shape index (κ2) is 15.5. The van der Waals surface area contributed by atoms with E-state index in [9.17, 15) is 27.6 Å². The quantitative estimate of drug-likeness (QED) is 0.0787. The molecule has 0 bridgehead atoms. The number of hydrogen-bond acceptors (Lipinski definition) is 8. The Labute approximate surface area is 310 Å². The van der Waals surface area contributed by atoms with Crippen LogP contribution in [0.4, 0.5) is 33.7 Å². The van der Waals surface area contributed by atoms with Crippen LogP contribution in [0.2, 0.25) is 0 Å². The summed E-state index contributed by atoms with van der Waals surface area (Å²) in [5.74, 6) is -2.20. The zero-order valence-electron chi connectivity index (χ0n) is 30.8. The van der Waals surface area contributed by atoms with Crippen LogP contribution in [0.25, 0.3) is 5.69 Å². The standard InChI is InChI=1S/C39H43F4N5O6/c1-37(2,3)53-35(50)27-14-12-24(17-29(27)44)33(52-21-22-10-11-22)25-13-15-28(40)30(18-25)46-34(49)31-19-32(39(41,42)43)47-48(31)26-9-7-8-23(16-26)20-45-36(51)54-38(4,5)6/h7-9,12-19,22,33H,10-11,20-21,44H2,1-6H3,(H,45,51)(H,46,49). The number of nitrogen functional groups attached to an aromatic ring is 1. The number of amides is 2. The van der Waals surface area contributed by atoms with Crippen LogP contribution < -0.4 is 16.4 Å². The number of nitrogens with one attached hydrogen (secondary N) is 2. The highest BCUT2D eigenvalue weighted by molar-refractivity contribution is 6.03.